The Labute approximate surface area is 90.5 Å². The van der Waals surface area contributed by atoms with Crippen LogP contribution in [-0.4, -0.2) is 24.4 Å². The van der Waals surface area contributed by atoms with Crippen molar-refractivity contribution in [1.29, 1.82) is 0 Å². The third kappa shape index (κ3) is 1.95. The molecule has 0 aliphatic rings. The number of hydrogen-bond donors (Lipinski definition) is 2. The van der Waals surface area contributed by atoms with Crippen LogP contribution in [0.1, 0.15) is 17.3 Å². The quantitative estimate of drug-likeness (QED) is 0.567. The molecule has 0 saturated heterocycles. The second kappa shape index (κ2) is 3.91. The predicted molar refractivity (Wildman–Crippen MR) is 56.3 cm³/mol. The molecule has 0 aliphatic carbocycles. The molecule has 15 heavy (non-hydrogen) atoms. The SMILES string of the molecule is Cc1nc(C)n(Cc2nnsc2NN)n1. The smallest absolute Gasteiger partial charge is 0.149 e. The first-order valence-electron chi connectivity index (χ1n) is 4.36. The van der Waals surface area contributed by atoms with Crippen LogP contribution >= 0.6 is 11.5 Å². The van der Waals surface area contributed by atoms with Crippen molar-refractivity contribution in [3.05, 3.63) is 17.3 Å². The molecule has 0 radical (unpaired) electrons. The number of anilines is 1. The van der Waals surface area contributed by atoms with Crippen molar-refractivity contribution >= 4 is 16.5 Å². The Balaban J connectivity index is 2.25. The highest BCUT2D eigenvalue weighted by molar-refractivity contribution is 7.10. The summed E-state index contributed by atoms with van der Waals surface area (Å²) in [5.74, 6) is 6.93. The molecule has 0 bridgehead atoms. The molecule has 0 unspecified atom stereocenters. The van der Waals surface area contributed by atoms with Crippen molar-refractivity contribution < 1.29 is 0 Å². The molecule has 2 aromatic rings. The first-order chi connectivity index (χ1) is 7.20. The number of nitrogen functional groups attached to an aromatic ring is 1. The highest BCUT2D eigenvalue weighted by Gasteiger charge is 2.10. The Bertz CT molecular complexity index is 460. The van der Waals surface area contributed by atoms with Crippen LogP contribution in [0.4, 0.5) is 5.00 Å². The molecule has 2 rings (SSSR count). The summed E-state index contributed by atoms with van der Waals surface area (Å²) in [7, 11) is 0. The molecule has 7 nitrogen and oxygen atoms in total. The first-order valence-corrected chi connectivity index (χ1v) is 5.14. The van der Waals surface area contributed by atoms with E-state index in [4.69, 9.17) is 5.84 Å². The number of hydrogen-bond acceptors (Lipinski definition) is 7. The molecular weight excluding hydrogens is 214 g/mol. The van der Waals surface area contributed by atoms with Crippen molar-refractivity contribution in [2.24, 2.45) is 5.84 Å². The summed E-state index contributed by atoms with van der Waals surface area (Å²) in [6.45, 7) is 4.28. The van der Waals surface area contributed by atoms with Crippen LogP contribution in [-0.2, 0) is 6.54 Å². The van der Waals surface area contributed by atoms with E-state index in [1.807, 2.05) is 13.8 Å². The average molecular weight is 225 g/mol. The molecule has 0 fully saturated rings. The van der Waals surface area contributed by atoms with Gasteiger partial charge in [0.25, 0.3) is 0 Å². The molecule has 80 valence electrons. The Hall–Kier alpha value is -1.54. The van der Waals surface area contributed by atoms with Gasteiger partial charge in [0.1, 0.15) is 22.3 Å². The minimum Gasteiger partial charge on any atom is -0.313 e. The molecule has 2 heterocycles. The van der Waals surface area contributed by atoms with Gasteiger partial charge in [0.15, 0.2) is 0 Å². The number of rotatable bonds is 3. The molecular formula is C7H11N7S. The number of hydrazine groups is 1. The maximum Gasteiger partial charge on any atom is 0.149 e. The highest BCUT2D eigenvalue weighted by atomic mass is 32.1. The van der Waals surface area contributed by atoms with Gasteiger partial charge in [0, 0.05) is 11.5 Å². The monoisotopic (exact) mass is 225 g/mol. The zero-order valence-electron chi connectivity index (χ0n) is 8.43. The lowest BCUT2D eigenvalue weighted by Gasteiger charge is -2.01. The van der Waals surface area contributed by atoms with Gasteiger partial charge in [-0.25, -0.2) is 15.5 Å². The van der Waals surface area contributed by atoms with Gasteiger partial charge in [-0.1, -0.05) is 4.49 Å². The van der Waals surface area contributed by atoms with Gasteiger partial charge in [0.05, 0.1) is 6.54 Å². The maximum atomic E-state index is 5.33. The molecule has 0 atom stereocenters. The van der Waals surface area contributed by atoms with Gasteiger partial charge in [0.2, 0.25) is 0 Å². The molecule has 0 amide bonds. The number of aryl methyl sites for hydroxylation is 2. The number of aromatic nitrogens is 5. The standard InChI is InChI=1S/C7H11N7S/c1-4-9-5(2)14(12-4)3-6-7(10-8)15-13-11-6/h10H,3,8H2,1-2H3. The molecule has 0 aliphatic heterocycles. The Kier molecular flexibility index (Phi) is 2.60. The van der Waals surface area contributed by atoms with Gasteiger partial charge >= 0.3 is 0 Å². The van der Waals surface area contributed by atoms with Crippen LogP contribution < -0.4 is 11.3 Å². The van der Waals surface area contributed by atoms with E-state index in [-0.39, 0.29) is 0 Å². The number of nitrogens with one attached hydrogen (secondary N) is 1. The van der Waals surface area contributed by atoms with E-state index in [0.717, 1.165) is 22.3 Å². The highest BCUT2D eigenvalue weighted by Crippen LogP contribution is 2.17. The summed E-state index contributed by atoms with van der Waals surface area (Å²) in [6.07, 6.45) is 0. The molecule has 0 aromatic carbocycles. The number of nitrogens with zero attached hydrogens (tertiary/aromatic N) is 5. The fraction of sp³-hybridized carbons (Fsp3) is 0.429. The molecule has 2 aromatic heterocycles. The largest absolute Gasteiger partial charge is 0.313 e. The molecule has 0 spiro atoms. The van der Waals surface area contributed by atoms with E-state index in [2.05, 4.69) is 25.1 Å². The van der Waals surface area contributed by atoms with E-state index in [1.54, 1.807) is 4.68 Å². The second-order valence-electron chi connectivity index (χ2n) is 3.06. The lowest BCUT2D eigenvalue weighted by Crippen LogP contribution is -2.11. The van der Waals surface area contributed by atoms with E-state index in [9.17, 15) is 0 Å². The van der Waals surface area contributed by atoms with Crippen molar-refractivity contribution in [2.45, 2.75) is 20.4 Å². The van der Waals surface area contributed by atoms with Gasteiger partial charge < -0.3 is 5.43 Å². The topological polar surface area (TPSA) is 94.5 Å². The van der Waals surface area contributed by atoms with Crippen LogP contribution in [0.15, 0.2) is 0 Å². The first kappa shape index (κ1) is 9.99. The van der Waals surface area contributed by atoms with Crippen molar-refractivity contribution in [3.8, 4) is 0 Å². The summed E-state index contributed by atoms with van der Waals surface area (Å²) < 4.78 is 5.58. The van der Waals surface area contributed by atoms with Crippen LogP contribution in [0.3, 0.4) is 0 Å². The van der Waals surface area contributed by atoms with Crippen LogP contribution in [0.25, 0.3) is 0 Å². The minimum atomic E-state index is 0.530. The Morgan fingerprint density at radius 2 is 2.27 bits per heavy atom. The van der Waals surface area contributed by atoms with Crippen molar-refractivity contribution in [1.82, 2.24) is 24.4 Å². The molecule has 0 saturated carbocycles. The van der Waals surface area contributed by atoms with E-state index >= 15 is 0 Å². The van der Waals surface area contributed by atoms with Gasteiger partial charge in [-0.05, 0) is 13.8 Å². The fourth-order valence-corrected chi connectivity index (χ4v) is 1.76. The lowest BCUT2D eigenvalue weighted by atomic mass is 10.4. The summed E-state index contributed by atoms with van der Waals surface area (Å²) >= 11 is 1.22. The zero-order valence-corrected chi connectivity index (χ0v) is 9.25. The van der Waals surface area contributed by atoms with Gasteiger partial charge in [-0.2, -0.15) is 5.10 Å². The second-order valence-corrected chi connectivity index (χ2v) is 3.81. The van der Waals surface area contributed by atoms with Crippen molar-refractivity contribution in [3.63, 3.8) is 0 Å². The number of nitrogens with two attached hydrogens (primary N) is 1. The predicted octanol–water partition coefficient (Wildman–Crippen LogP) is 0.0803. The van der Waals surface area contributed by atoms with Crippen LogP contribution in [0, 0.1) is 13.8 Å². The zero-order chi connectivity index (χ0) is 10.8. The summed E-state index contributed by atoms with van der Waals surface area (Å²) in [5.41, 5.74) is 3.33. The maximum absolute atomic E-state index is 5.33. The van der Waals surface area contributed by atoms with Gasteiger partial charge in [-0.15, -0.1) is 5.10 Å². The van der Waals surface area contributed by atoms with Gasteiger partial charge in [-0.3, -0.25) is 0 Å². The normalized spacial score (nSPS) is 10.6. The van der Waals surface area contributed by atoms with E-state index < -0.39 is 0 Å². The third-order valence-electron chi connectivity index (χ3n) is 1.95. The lowest BCUT2D eigenvalue weighted by molar-refractivity contribution is 0.643. The molecule has 3 N–H and O–H groups in total. The van der Waals surface area contributed by atoms with Crippen LogP contribution in [0.2, 0.25) is 0 Å². The van der Waals surface area contributed by atoms with E-state index in [1.165, 1.54) is 11.5 Å². The molecule has 8 heteroatoms. The van der Waals surface area contributed by atoms with E-state index in [0.29, 0.717) is 6.54 Å². The minimum absolute atomic E-state index is 0.530. The average Bonchev–Trinajstić information content (AvgIpc) is 2.74. The Morgan fingerprint density at radius 3 is 2.87 bits per heavy atom. The van der Waals surface area contributed by atoms with Crippen LogP contribution in [0.5, 0.6) is 0 Å². The fourth-order valence-electron chi connectivity index (χ4n) is 1.27. The summed E-state index contributed by atoms with van der Waals surface area (Å²) in [4.78, 5) is 4.20. The Morgan fingerprint density at radius 1 is 1.47 bits per heavy atom. The summed E-state index contributed by atoms with van der Waals surface area (Å²) in [5, 5.41) is 8.96. The summed E-state index contributed by atoms with van der Waals surface area (Å²) in [6, 6.07) is 0. The van der Waals surface area contributed by atoms with Crippen molar-refractivity contribution in [2.75, 3.05) is 5.43 Å². The third-order valence-corrected chi connectivity index (χ3v) is 2.65.